The van der Waals surface area contributed by atoms with Crippen molar-refractivity contribution in [3.63, 3.8) is 0 Å². The van der Waals surface area contributed by atoms with Crippen LogP contribution in [0, 0.1) is 11.3 Å². The van der Waals surface area contributed by atoms with Crippen LogP contribution in [0.4, 0.5) is 0 Å². The molecule has 108 valence electrons. The second-order valence-corrected chi connectivity index (χ2v) is 5.97. The molecule has 2 atom stereocenters. The third-order valence-electron chi connectivity index (χ3n) is 4.64. The van der Waals surface area contributed by atoms with Crippen LogP contribution in [0.5, 0.6) is 11.5 Å². The van der Waals surface area contributed by atoms with Crippen molar-refractivity contribution in [1.82, 2.24) is 0 Å². The SMILES string of the molecule is N=C1C=C2C=CCCC2C(c2ccc3c(c2)OCCO3)C1. The van der Waals surface area contributed by atoms with Gasteiger partial charge < -0.3 is 14.9 Å². The van der Waals surface area contributed by atoms with E-state index in [9.17, 15) is 0 Å². The summed E-state index contributed by atoms with van der Waals surface area (Å²) < 4.78 is 11.3. The van der Waals surface area contributed by atoms with E-state index in [1.165, 1.54) is 17.6 Å². The first-order valence-corrected chi connectivity index (χ1v) is 7.66. The summed E-state index contributed by atoms with van der Waals surface area (Å²) in [6.07, 6.45) is 9.61. The fourth-order valence-electron chi connectivity index (χ4n) is 3.65. The Balaban J connectivity index is 1.71. The second kappa shape index (κ2) is 5.06. The first-order valence-electron chi connectivity index (χ1n) is 7.66. The molecule has 0 spiro atoms. The molecule has 1 aromatic carbocycles. The van der Waals surface area contributed by atoms with Gasteiger partial charge in [-0.3, -0.25) is 0 Å². The van der Waals surface area contributed by atoms with Crippen LogP contribution < -0.4 is 9.47 Å². The highest BCUT2D eigenvalue weighted by molar-refractivity contribution is 5.95. The molecule has 1 N–H and O–H groups in total. The number of hydrogen-bond acceptors (Lipinski definition) is 3. The zero-order valence-corrected chi connectivity index (χ0v) is 12.0. The normalized spacial score (nSPS) is 27.0. The fourth-order valence-corrected chi connectivity index (χ4v) is 3.65. The zero-order chi connectivity index (χ0) is 14.2. The Morgan fingerprint density at radius 2 is 1.90 bits per heavy atom. The van der Waals surface area contributed by atoms with Crippen LogP contribution in [-0.4, -0.2) is 18.9 Å². The zero-order valence-electron chi connectivity index (χ0n) is 12.0. The minimum atomic E-state index is 0.387. The Morgan fingerprint density at radius 3 is 2.81 bits per heavy atom. The Morgan fingerprint density at radius 1 is 1.05 bits per heavy atom. The van der Waals surface area contributed by atoms with Crippen LogP contribution in [0.15, 0.2) is 42.0 Å². The molecule has 3 aliphatic rings. The maximum Gasteiger partial charge on any atom is 0.161 e. The van der Waals surface area contributed by atoms with Crippen molar-refractivity contribution in [2.24, 2.45) is 5.92 Å². The van der Waals surface area contributed by atoms with E-state index in [4.69, 9.17) is 14.9 Å². The van der Waals surface area contributed by atoms with E-state index in [0.717, 1.165) is 30.1 Å². The van der Waals surface area contributed by atoms with E-state index in [2.05, 4.69) is 30.4 Å². The van der Waals surface area contributed by atoms with E-state index < -0.39 is 0 Å². The molecule has 0 saturated carbocycles. The summed E-state index contributed by atoms with van der Waals surface area (Å²) in [6.45, 7) is 1.25. The minimum Gasteiger partial charge on any atom is -0.486 e. The summed E-state index contributed by atoms with van der Waals surface area (Å²) in [7, 11) is 0. The Kier molecular flexibility index (Phi) is 3.06. The van der Waals surface area contributed by atoms with Gasteiger partial charge in [-0.05, 0) is 60.4 Å². The number of nitrogens with one attached hydrogen (secondary N) is 1. The molecular formula is C18H19NO2. The molecule has 1 heterocycles. The summed E-state index contributed by atoms with van der Waals surface area (Å²) in [5, 5.41) is 8.11. The van der Waals surface area contributed by atoms with Crippen molar-refractivity contribution < 1.29 is 9.47 Å². The lowest BCUT2D eigenvalue weighted by molar-refractivity contribution is 0.171. The summed E-state index contributed by atoms with van der Waals surface area (Å²) in [4.78, 5) is 0. The number of rotatable bonds is 1. The predicted octanol–water partition coefficient (Wildman–Crippen LogP) is 3.86. The van der Waals surface area contributed by atoms with Crippen LogP contribution in [0.25, 0.3) is 0 Å². The molecule has 2 aliphatic carbocycles. The molecule has 3 heteroatoms. The average Bonchev–Trinajstić information content (AvgIpc) is 2.53. The lowest BCUT2D eigenvalue weighted by Gasteiger charge is -2.34. The quantitative estimate of drug-likeness (QED) is 0.849. The first-order chi connectivity index (χ1) is 10.3. The molecule has 4 rings (SSSR count). The highest BCUT2D eigenvalue weighted by Gasteiger charge is 2.31. The predicted molar refractivity (Wildman–Crippen MR) is 82.5 cm³/mol. The Bertz CT molecular complexity index is 645. The third-order valence-corrected chi connectivity index (χ3v) is 4.64. The highest BCUT2D eigenvalue weighted by atomic mass is 16.6. The smallest absolute Gasteiger partial charge is 0.161 e. The van der Waals surface area contributed by atoms with E-state index in [1.807, 2.05) is 6.07 Å². The van der Waals surface area contributed by atoms with Crippen molar-refractivity contribution in [3.05, 3.63) is 47.6 Å². The van der Waals surface area contributed by atoms with E-state index >= 15 is 0 Å². The van der Waals surface area contributed by atoms with Gasteiger partial charge in [0.15, 0.2) is 11.5 Å². The molecule has 0 radical (unpaired) electrons. The fraction of sp³-hybridized carbons (Fsp3) is 0.389. The van der Waals surface area contributed by atoms with Gasteiger partial charge in [-0.15, -0.1) is 0 Å². The molecule has 3 nitrogen and oxygen atoms in total. The number of allylic oxidation sites excluding steroid dienone is 4. The highest BCUT2D eigenvalue weighted by Crippen LogP contribution is 2.44. The molecule has 0 aromatic heterocycles. The number of benzene rings is 1. The van der Waals surface area contributed by atoms with E-state index in [-0.39, 0.29) is 0 Å². The second-order valence-electron chi connectivity index (χ2n) is 5.97. The standard InChI is InChI=1S/C18H19NO2/c19-14-9-12-3-1-2-4-15(12)16(11-14)13-5-6-17-18(10-13)21-8-7-20-17/h1,3,5-6,9-10,15-16,19H,2,4,7-8,11H2. The molecule has 21 heavy (non-hydrogen) atoms. The van der Waals surface area contributed by atoms with Crippen molar-refractivity contribution in [3.8, 4) is 11.5 Å². The molecule has 0 fully saturated rings. The Hall–Kier alpha value is -2.03. The Labute approximate surface area is 124 Å². The minimum absolute atomic E-state index is 0.387. The molecule has 0 bridgehead atoms. The van der Waals surface area contributed by atoms with Crippen molar-refractivity contribution in [2.45, 2.75) is 25.2 Å². The van der Waals surface area contributed by atoms with Gasteiger partial charge in [-0.2, -0.15) is 0 Å². The summed E-state index contributed by atoms with van der Waals surface area (Å²) in [6, 6.07) is 6.28. The lowest BCUT2D eigenvalue weighted by atomic mass is 9.70. The van der Waals surface area contributed by atoms with Crippen LogP contribution in [0.2, 0.25) is 0 Å². The van der Waals surface area contributed by atoms with Crippen LogP contribution >= 0.6 is 0 Å². The van der Waals surface area contributed by atoms with Gasteiger partial charge in [0.25, 0.3) is 0 Å². The molecule has 1 aromatic rings. The molecule has 0 saturated heterocycles. The van der Waals surface area contributed by atoms with Gasteiger partial charge in [0.2, 0.25) is 0 Å². The number of hydrogen-bond donors (Lipinski definition) is 1. The first kappa shape index (κ1) is 12.7. The third kappa shape index (κ3) is 2.27. The van der Waals surface area contributed by atoms with Crippen molar-refractivity contribution in [2.75, 3.05) is 13.2 Å². The molecule has 1 aliphatic heterocycles. The maximum absolute atomic E-state index is 8.11. The monoisotopic (exact) mass is 281 g/mol. The van der Waals surface area contributed by atoms with Crippen LogP contribution in [-0.2, 0) is 0 Å². The van der Waals surface area contributed by atoms with E-state index in [1.54, 1.807) is 0 Å². The van der Waals surface area contributed by atoms with Gasteiger partial charge >= 0.3 is 0 Å². The summed E-state index contributed by atoms with van der Waals surface area (Å²) in [5.41, 5.74) is 3.32. The van der Waals surface area contributed by atoms with E-state index in [0.29, 0.717) is 25.0 Å². The van der Waals surface area contributed by atoms with Gasteiger partial charge in [0.05, 0.1) is 0 Å². The largest absolute Gasteiger partial charge is 0.486 e. The van der Waals surface area contributed by atoms with Crippen LogP contribution in [0.1, 0.15) is 30.7 Å². The van der Waals surface area contributed by atoms with Gasteiger partial charge in [-0.1, -0.05) is 18.2 Å². The van der Waals surface area contributed by atoms with Gasteiger partial charge in [-0.25, -0.2) is 0 Å². The topological polar surface area (TPSA) is 42.3 Å². The number of fused-ring (bicyclic) bond motifs is 2. The average molecular weight is 281 g/mol. The summed E-state index contributed by atoms with van der Waals surface area (Å²) >= 11 is 0. The van der Waals surface area contributed by atoms with Gasteiger partial charge in [0, 0.05) is 5.71 Å². The maximum atomic E-state index is 8.11. The van der Waals surface area contributed by atoms with Gasteiger partial charge in [0.1, 0.15) is 13.2 Å². The molecule has 2 unspecified atom stereocenters. The molecule has 0 amide bonds. The van der Waals surface area contributed by atoms with Crippen molar-refractivity contribution >= 4 is 5.71 Å². The number of ether oxygens (including phenoxy) is 2. The van der Waals surface area contributed by atoms with Crippen LogP contribution in [0.3, 0.4) is 0 Å². The van der Waals surface area contributed by atoms with Crippen molar-refractivity contribution in [1.29, 1.82) is 5.41 Å². The lowest BCUT2D eigenvalue weighted by Crippen LogP contribution is -2.24. The molecular weight excluding hydrogens is 262 g/mol. The summed E-state index contributed by atoms with van der Waals surface area (Å²) in [5.74, 6) is 2.62.